The van der Waals surface area contributed by atoms with Crippen LogP contribution in [-0.2, 0) is 21.4 Å². The zero-order chi connectivity index (χ0) is 23.8. The second-order valence-electron chi connectivity index (χ2n) is 8.25. The summed E-state index contributed by atoms with van der Waals surface area (Å²) in [5.74, 6) is -0.438. The topological polar surface area (TPSA) is 115 Å². The van der Waals surface area contributed by atoms with Gasteiger partial charge in [-0.2, -0.15) is 4.31 Å². The second kappa shape index (κ2) is 8.95. The lowest BCUT2D eigenvalue weighted by Gasteiger charge is -2.30. The molecule has 9 nitrogen and oxygen atoms in total. The molecule has 3 aromatic rings. The van der Waals surface area contributed by atoms with E-state index in [0.717, 1.165) is 23.5 Å². The molecule has 1 N–H and O–H groups in total. The van der Waals surface area contributed by atoms with Crippen molar-refractivity contribution < 1.29 is 18.1 Å². The minimum absolute atomic E-state index is 0.0630. The number of carbonyl (C=O) groups excluding carboxylic acids is 1. The van der Waals surface area contributed by atoms with Crippen LogP contribution in [-0.4, -0.2) is 41.2 Å². The van der Waals surface area contributed by atoms with E-state index in [1.54, 1.807) is 6.92 Å². The predicted octanol–water partition coefficient (Wildman–Crippen LogP) is 3.92. The molecule has 0 unspecified atom stereocenters. The third-order valence-electron chi connectivity index (χ3n) is 6.20. The Morgan fingerprint density at radius 2 is 1.88 bits per heavy atom. The fraction of sp³-hybridized carbons (Fsp3) is 0.348. The number of piperidine rings is 1. The minimum Gasteiger partial charge on any atom is -0.348 e. The first-order chi connectivity index (χ1) is 15.7. The second-order valence-corrected chi connectivity index (χ2v) is 10.2. The lowest BCUT2D eigenvalue weighted by Crippen LogP contribution is -2.41. The van der Waals surface area contributed by atoms with E-state index in [0.29, 0.717) is 24.1 Å². The van der Waals surface area contributed by atoms with Crippen molar-refractivity contribution in [2.45, 2.75) is 38.1 Å². The Bertz CT molecular complexity index is 1320. The normalized spacial score (nSPS) is 15.6. The molecule has 0 aliphatic carbocycles. The number of nitrogens with one attached hydrogen (secondary N) is 1. The molecule has 1 aliphatic rings. The van der Waals surface area contributed by atoms with Gasteiger partial charge in [0.25, 0.3) is 5.69 Å². The van der Waals surface area contributed by atoms with Gasteiger partial charge in [-0.05, 0) is 56.5 Å². The van der Waals surface area contributed by atoms with Gasteiger partial charge >= 0.3 is 0 Å². The molecule has 0 radical (unpaired) electrons. The average molecular weight is 471 g/mol. The number of carbonyl (C=O) groups is 1. The Balaban J connectivity index is 1.42. The van der Waals surface area contributed by atoms with Gasteiger partial charge in [-0.25, -0.2) is 8.42 Å². The number of hydrogen-bond donors (Lipinski definition) is 1. The fourth-order valence-corrected chi connectivity index (χ4v) is 5.99. The minimum atomic E-state index is -3.89. The molecule has 1 fully saturated rings. The van der Waals surface area contributed by atoms with Crippen molar-refractivity contribution >= 4 is 38.2 Å². The highest BCUT2D eigenvalue weighted by Gasteiger charge is 2.33. The monoisotopic (exact) mass is 470 g/mol. The van der Waals surface area contributed by atoms with Gasteiger partial charge in [0.2, 0.25) is 15.9 Å². The van der Waals surface area contributed by atoms with E-state index in [1.165, 1.54) is 16.4 Å². The number of hydrogen-bond acceptors (Lipinski definition) is 5. The van der Waals surface area contributed by atoms with Crippen molar-refractivity contribution in [2.75, 3.05) is 18.4 Å². The van der Waals surface area contributed by atoms with Crippen LogP contribution in [0, 0.1) is 23.0 Å². The summed E-state index contributed by atoms with van der Waals surface area (Å²) in [4.78, 5) is 23.2. The Morgan fingerprint density at radius 1 is 1.15 bits per heavy atom. The van der Waals surface area contributed by atoms with Gasteiger partial charge in [-0.3, -0.25) is 14.9 Å². The number of amides is 1. The van der Waals surface area contributed by atoms with Crippen molar-refractivity contribution in [1.82, 2.24) is 8.87 Å². The van der Waals surface area contributed by atoms with E-state index >= 15 is 0 Å². The Morgan fingerprint density at radius 3 is 2.55 bits per heavy atom. The molecule has 0 atom stereocenters. The van der Waals surface area contributed by atoms with Gasteiger partial charge in [0.1, 0.15) is 0 Å². The van der Waals surface area contributed by atoms with Crippen LogP contribution in [0.15, 0.2) is 53.6 Å². The Kier molecular flexibility index (Phi) is 6.22. The number of nitro groups is 1. The van der Waals surface area contributed by atoms with Crippen molar-refractivity contribution in [1.29, 1.82) is 0 Å². The van der Waals surface area contributed by atoms with Gasteiger partial charge in [0, 0.05) is 60.5 Å². The number of anilines is 1. The molecule has 174 valence electrons. The van der Waals surface area contributed by atoms with Gasteiger partial charge < -0.3 is 9.88 Å². The predicted molar refractivity (Wildman–Crippen MR) is 126 cm³/mol. The molecule has 10 heteroatoms. The van der Waals surface area contributed by atoms with Crippen molar-refractivity contribution in [2.24, 2.45) is 5.92 Å². The Hall–Kier alpha value is -3.24. The lowest BCUT2D eigenvalue weighted by atomic mass is 9.97. The van der Waals surface area contributed by atoms with Crippen LogP contribution in [0.25, 0.3) is 10.9 Å². The van der Waals surface area contributed by atoms with Crippen LogP contribution in [0.4, 0.5) is 11.4 Å². The number of rotatable bonds is 6. The maximum atomic E-state index is 13.1. The summed E-state index contributed by atoms with van der Waals surface area (Å²) in [6, 6.07) is 11.6. The molecule has 0 spiro atoms. The van der Waals surface area contributed by atoms with Crippen molar-refractivity contribution in [3.05, 3.63) is 64.3 Å². The van der Waals surface area contributed by atoms with Crippen LogP contribution in [0.3, 0.4) is 0 Å². The fourth-order valence-electron chi connectivity index (χ4n) is 4.28. The molecule has 2 aromatic carbocycles. The largest absolute Gasteiger partial charge is 0.348 e. The van der Waals surface area contributed by atoms with E-state index < -0.39 is 14.9 Å². The summed E-state index contributed by atoms with van der Waals surface area (Å²) in [5, 5.41) is 15.1. The third-order valence-corrected chi connectivity index (χ3v) is 8.24. The Labute approximate surface area is 192 Å². The number of benzene rings is 2. The van der Waals surface area contributed by atoms with E-state index in [2.05, 4.69) is 16.8 Å². The van der Waals surface area contributed by atoms with Crippen molar-refractivity contribution in [3.63, 3.8) is 0 Å². The highest BCUT2D eigenvalue weighted by Crippen LogP contribution is 2.29. The average Bonchev–Trinajstić information content (AvgIpc) is 3.21. The summed E-state index contributed by atoms with van der Waals surface area (Å²) >= 11 is 0. The summed E-state index contributed by atoms with van der Waals surface area (Å²) in [6.45, 7) is 4.92. The molecular formula is C23H26N4O5S. The molecule has 1 saturated heterocycles. The summed E-state index contributed by atoms with van der Waals surface area (Å²) in [7, 11) is -3.89. The number of aryl methyl sites for hydroxylation is 2. The van der Waals surface area contributed by atoms with Gasteiger partial charge in [0.05, 0.1) is 9.82 Å². The van der Waals surface area contributed by atoms with Crippen LogP contribution < -0.4 is 5.32 Å². The molecule has 1 amide bonds. The van der Waals surface area contributed by atoms with E-state index in [4.69, 9.17) is 0 Å². The number of sulfonamides is 1. The smallest absolute Gasteiger partial charge is 0.270 e. The SMILES string of the molecule is CCn1ccc2cc(NC(=O)C3CCN(S(=O)(=O)c4cc([N+](=O)[O-])ccc4C)CC3)ccc21. The molecule has 1 aliphatic heterocycles. The number of aromatic nitrogens is 1. The summed E-state index contributed by atoms with van der Waals surface area (Å²) in [6.07, 6.45) is 2.77. The zero-order valence-electron chi connectivity index (χ0n) is 18.5. The summed E-state index contributed by atoms with van der Waals surface area (Å²) < 4.78 is 29.6. The van der Waals surface area contributed by atoms with Gasteiger partial charge in [0.15, 0.2) is 0 Å². The highest BCUT2D eigenvalue weighted by atomic mass is 32.2. The van der Waals surface area contributed by atoms with Crippen LogP contribution >= 0.6 is 0 Å². The standard InChI is InChI=1S/C23H26N4O5S/c1-3-25-11-8-18-14-19(5-7-21(18)25)24-23(28)17-9-12-26(13-10-17)33(31,32)22-15-20(27(29)30)6-4-16(22)2/h4-8,11,14-15,17H,3,9-10,12-13H2,1-2H3,(H,24,28). The van der Waals surface area contributed by atoms with Gasteiger partial charge in [-0.1, -0.05) is 6.07 Å². The molecule has 2 heterocycles. The molecule has 0 saturated carbocycles. The van der Waals surface area contributed by atoms with E-state index in [9.17, 15) is 23.3 Å². The highest BCUT2D eigenvalue weighted by molar-refractivity contribution is 7.89. The number of nitrogens with zero attached hydrogens (tertiary/aromatic N) is 3. The van der Waals surface area contributed by atoms with Crippen molar-refractivity contribution in [3.8, 4) is 0 Å². The maximum absolute atomic E-state index is 13.1. The quantitative estimate of drug-likeness (QED) is 0.433. The number of non-ortho nitro benzene ring substituents is 1. The van der Waals surface area contributed by atoms with E-state index in [-0.39, 0.29) is 35.5 Å². The molecule has 1 aromatic heterocycles. The number of fused-ring (bicyclic) bond motifs is 1. The first kappa shape index (κ1) is 22.9. The first-order valence-electron chi connectivity index (χ1n) is 10.9. The van der Waals surface area contributed by atoms with E-state index in [1.807, 2.05) is 30.5 Å². The molecule has 33 heavy (non-hydrogen) atoms. The molecule has 0 bridgehead atoms. The molecular weight excluding hydrogens is 444 g/mol. The van der Waals surface area contributed by atoms with Gasteiger partial charge in [-0.15, -0.1) is 0 Å². The number of nitro benzene ring substituents is 1. The maximum Gasteiger partial charge on any atom is 0.270 e. The van der Waals surface area contributed by atoms with Crippen LogP contribution in [0.5, 0.6) is 0 Å². The zero-order valence-corrected chi connectivity index (χ0v) is 19.3. The third kappa shape index (κ3) is 4.49. The summed E-state index contributed by atoms with van der Waals surface area (Å²) in [5.41, 5.74) is 2.00. The van der Waals surface area contributed by atoms with Crippen LogP contribution in [0.2, 0.25) is 0 Å². The van der Waals surface area contributed by atoms with Crippen LogP contribution in [0.1, 0.15) is 25.3 Å². The molecule has 4 rings (SSSR count). The lowest BCUT2D eigenvalue weighted by molar-refractivity contribution is -0.385. The first-order valence-corrected chi connectivity index (χ1v) is 12.3.